The van der Waals surface area contributed by atoms with E-state index in [9.17, 15) is 0 Å². The fourth-order valence-electron chi connectivity index (χ4n) is 6.79. The summed E-state index contributed by atoms with van der Waals surface area (Å²) in [5.41, 5.74) is 12.2. The second-order valence-corrected chi connectivity index (χ2v) is 14.2. The van der Waals surface area contributed by atoms with E-state index in [4.69, 9.17) is 15.0 Å². The molecule has 50 heavy (non-hydrogen) atoms. The van der Waals surface area contributed by atoms with E-state index in [-0.39, 0.29) is 5.92 Å². The van der Waals surface area contributed by atoms with Gasteiger partial charge in [0.2, 0.25) is 0 Å². The number of pyridine rings is 1. The molecule has 2 aliphatic rings. The highest BCUT2D eigenvalue weighted by atomic mass is 127. The van der Waals surface area contributed by atoms with Gasteiger partial charge in [-0.25, -0.2) is 15.0 Å². The molecule has 2 atom stereocenters. The summed E-state index contributed by atoms with van der Waals surface area (Å²) in [7, 11) is 0. The van der Waals surface area contributed by atoms with E-state index in [0.717, 1.165) is 63.3 Å². The molecule has 0 radical (unpaired) electrons. The van der Waals surface area contributed by atoms with Crippen LogP contribution in [0.15, 0.2) is 158 Å². The van der Waals surface area contributed by atoms with Gasteiger partial charge in [0.15, 0.2) is 17.5 Å². The SMILES string of the molecule is CC1CC=CC(c2ccc(C3=CC=CCC3I)cc2)=C1c1nc(-c2ccccc2)nc(-c2ccccc2-c2ccc(-c3ccccn3)cc2)n1. The Hall–Kier alpha value is -5.27. The highest BCUT2D eigenvalue weighted by Crippen LogP contribution is 2.40. The zero-order chi connectivity index (χ0) is 33.9. The number of allylic oxidation sites excluding steroid dienone is 8. The highest BCUT2D eigenvalue weighted by molar-refractivity contribution is 14.1. The molecule has 4 aromatic carbocycles. The maximum atomic E-state index is 5.29. The molecule has 4 nitrogen and oxygen atoms in total. The van der Waals surface area contributed by atoms with Crippen LogP contribution in [0.3, 0.4) is 0 Å². The third-order valence-electron chi connectivity index (χ3n) is 9.41. The van der Waals surface area contributed by atoms with Crippen LogP contribution in [-0.2, 0) is 0 Å². The van der Waals surface area contributed by atoms with Gasteiger partial charge in [0.25, 0.3) is 0 Å². The molecule has 5 heteroatoms. The van der Waals surface area contributed by atoms with Crippen molar-refractivity contribution in [1.29, 1.82) is 0 Å². The Balaban J connectivity index is 1.25. The average molecular weight is 759 g/mol. The first-order chi connectivity index (χ1) is 24.6. The van der Waals surface area contributed by atoms with E-state index in [0.29, 0.717) is 15.6 Å². The molecule has 0 saturated heterocycles. The van der Waals surface area contributed by atoms with Crippen LogP contribution in [0, 0.1) is 5.92 Å². The molecular weight excluding hydrogens is 723 g/mol. The van der Waals surface area contributed by atoms with Crippen molar-refractivity contribution in [3.63, 3.8) is 0 Å². The summed E-state index contributed by atoms with van der Waals surface area (Å²) >= 11 is 2.55. The lowest BCUT2D eigenvalue weighted by Gasteiger charge is -2.23. The first kappa shape index (κ1) is 32.0. The summed E-state index contributed by atoms with van der Waals surface area (Å²) in [6, 6.07) is 42.2. The molecule has 0 amide bonds. The third-order valence-corrected chi connectivity index (χ3v) is 10.6. The van der Waals surface area contributed by atoms with Crippen molar-refractivity contribution in [2.45, 2.75) is 23.7 Å². The maximum absolute atomic E-state index is 5.29. The Kier molecular flexibility index (Phi) is 9.14. The minimum atomic E-state index is 0.229. The molecular formula is C45H35IN4. The number of hydrogen-bond donors (Lipinski definition) is 0. The monoisotopic (exact) mass is 758 g/mol. The van der Waals surface area contributed by atoms with E-state index in [1.807, 2.05) is 42.6 Å². The van der Waals surface area contributed by atoms with Crippen molar-refractivity contribution in [2.24, 2.45) is 5.92 Å². The molecule has 242 valence electrons. The predicted octanol–water partition coefficient (Wildman–Crippen LogP) is 11.6. The van der Waals surface area contributed by atoms with Crippen LogP contribution in [0.1, 0.15) is 36.7 Å². The normalized spacial score (nSPS) is 17.1. The third kappa shape index (κ3) is 6.53. The number of nitrogens with zero attached hydrogens (tertiary/aromatic N) is 4. The van der Waals surface area contributed by atoms with Gasteiger partial charge in [0, 0.05) is 32.4 Å². The van der Waals surface area contributed by atoms with Gasteiger partial charge in [0.05, 0.1) is 5.69 Å². The first-order valence-corrected chi connectivity index (χ1v) is 18.3. The molecule has 0 aliphatic heterocycles. The number of hydrogen-bond acceptors (Lipinski definition) is 4. The van der Waals surface area contributed by atoms with Crippen LogP contribution in [-0.4, -0.2) is 23.9 Å². The second-order valence-electron chi connectivity index (χ2n) is 12.7. The van der Waals surface area contributed by atoms with Crippen molar-refractivity contribution in [1.82, 2.24) is 19.9 Å². The lowest BCUT2D eigenvalue weighted by molar-refractivity contribution is 0.750. The molecule has 0 bridgehead atoms. The number of aromatic nitrogens is 4. The zero-order valence-electron chi connectivity index (χ0n) is 27.7. The smallest absolute Gasteiger partial charge is 0.164 e. The van der Waals surface area contributed by atoms with Gasteiger partial charge in [-0.15, -0.1) is 0 Å². The average Bonchev–Trinajstić information content (AvgIpc) is 3.19. The summed E-state index contributed by atoms with van der Waals surface area (Å²) in [5.74, 6) is 2.28. The van der Waals surface area contributed by atoms with Crippen molar-refractivity contribution in [3.05, 3.63) is 175 Å². The van der Waals surface area contributed by atoms with Crippen LogP contribution < -0.4 is 0 Å². The van der Waals surface area contributed by atoms with Gasteiger partial charge in [0.1, 0.15) is 0 Å². The fraction of sp³-hybridized carbons (Fsp3) is 0.111. The Labute approximate surface area is 307 Å². The van der Waals surface area contributed by atoms with Gasteiger partial charge < -0.3 is 0 Å². The highest BCUT2D eigenvalue weighted by Gasteiger charge is 2.24. The standard InChI is InChI=1S/C45H35IN4/c1-30-12-11-18-38(33-23-21-32(22-24-33)37-16-7-8-19-40(37)46)42(30)45-49-43(35-13-3-2-4-14-35)48-44(50-45)39-17-6-5-15-36(39)31-25-27-34(28-26-31)41-20-9-10-29-47-41/h2-11,13-18,20-30,40H,12,19H2,1H3. The van der Waals surface area contributed by atoms with E-state index in [2.05, 4.69) is 150 Å². The van der Waals surface area contributed by atoms with Gasteiger partial charge in [-0.05, 0) is 64.3 Å². The molecule has 0 spiro atoms. The Morgan fingerprint density at radius 2 is 1.22 bits per heavy atom. The lowest BCUT2D eigenvalue weighted by Crippen LogP contribution is -2.11. The number of halogens is 1. The first-order valence-electron chi connectivity index (χ1n) is 17.1. The molecule has 2 aliphatic carbocycles. The van der Waals surface area contributed by atoms with Gasteiger partial charge in [-0.3, -0.25) is 4.98 Å². The Bertz CT molecular complexity index is 2270. The molecule has 0 N–H and O–H groups in total. The molecule has 6 aromatic rings. The van der Waals surface area contributed by atoms with Crippen molar-refractivity contribution in [3.8, 4) is 45.2 Å². The van der Waals surface area contributed by atoms with Gasteiger partial charge in [-0.1, -0.05) is 169 Å². The van der Waals surface area contributed by atoms with Crippen molar-refractivity contribution < 1.29 is 0 Å². The van der Waals surface area contributed by atoms with Crippen LogP contribution >= 0.6 is 22.6 Å². The summed E-state index contributed by atoms with van der Waals surface area (Å²) in [6.45, 7) is 2.27. The maximum Gasteiger partial charge on any atom is 0.164 e. The van der Waals surface area contributed by atoms with Crippen LogP contribution in [0.5, 0.6) is 0 Å². The van der Waals surface area contributed by atoms with Crippen molar-refractivity contribution in [2.75, 3.05) is 0 Å². The summed E-state index contributed by atoms with van der Waals surface area (Å²) in [5, 5.41) is 0. The van der Waals surface area contributed by atoms with Crippen LogP contribution in [0.25, 0.3) is 61.9 Å². The number of rotatable bonds is 7. The van der Waals surface area contributed by atoms with E-state index in [1.54, 1.807) is 0 Å². The molecule has 8 rings (SSSR count). The van der Waals surface area contributed by atoms with Crippen LogP contribution in [0.4, 0.5) is 0 Å². The van der Waals surface area contributed by atoms with Gasteiger partial charge in [-0.2, -0.15) is 0 Å². The second kappa shape index (κ2) is 14.3. The Morgan fingerprint density at radius 3 is 1.98 bits per heavy atom. The minimum absolute atomic E-state index is 0.229. The van der Waals surface area contributed by atoms with E-state index < -0.39 is 0 Å². The molecule has 2 aromatic heterocycles. The summed E-state index contributed by atoms with van der Waals surface area (Å²) in [6.07, 6.45) is 15.0. The van der Waals surface area contributed by atoms with E-state index in [1.165, 1.54) is 16.7 Å². The van der Waals surface area contributed by atoms with Crippen molar-refractivity contribution >= 4 is 39.3 Å². The van der Waals surface area contributed by atoms with Crippen LogP contribution in [0.2, 0.25) is 0 Å². The molecule has 2 unspecified atom stereocenters. The summed E-state index contributed by atoms with van der Waals surface area (Å²) < 4.78 is 0.481. The molecule has 0 fully saturated rings. The number of alkyl halides is 1. The number of benzene rings is 4. The topological polar surface area (TPSA) is 51.6 Å². The summed E-state index contributed by atoms with van der Waals surface area (Å²) in [4.78, 5) is 20.1. The molecule has 2 heterocycles. The fourth-order valence-corrected chi connectivity index (χ4v) is 7.65. The zero-order valence-corrected chi connectivity index (χ0v) is 29.9. The van der Waals surface area contributed by atoms with E-state index >= 15 is 0 Å². The largest absolute Gasteiger partial charge is 0.256 e. The van der Waals surface area contributed by atoms with Gasteiger partial charge >= 0.3 is 0 Å². The quantitative estimate of drug-likeness (QED) is 0.120. The predicted molar refractivity (Wildman–Crippen MR) is 215 cm³/mol. The Morgan fingerprint density at radius 1 is 0.560 bits per heavy atom. The molecule has 0 saturated carbocycles. The lowest BCUT2D eigenvalue weighted by atomic mass is 9.84. The minimum Gasteiger partial charge on any atom is -0.256 e.